The number of hydrogen-bond donors (Lipinski definition) is 2. The van der Waals surface area contributed by atoms with Crippen molar-refractivity contribution in [2.75, 3.05) is 38.0 Å². The standard InChI is InChI=1S/C39H41N5O4/c1-27-36(25-44-20-18-43(19-21-44)24-28-8-3-2-4-9-28)47-39(48-37(27)30-16-14-29(26-45)15-17-30)31-10-7-11-32(22-31)41-38(46)35-23-40-33-12-5-6-13-34(33)42-35/h2-17,22-23,27,36-37,39,45H,18-21,24-26H2,1H3,(H,41,46). The molecule has 2 N–H and O–H groups in total. The Hall–Kier alpha value is -4.51. The number of carbonyl (C=O) groups excluding carboxylic acids is 1. The minimum Gasteiger partial charge on any atom is -0.392 e. The van der Waals surface area contributed by atoms with Gasteiger partial charge >= 0.3 is 0 Å². The minimum atomic E-state index is -0.634. The molecule has 3 heterocycles. The van der Waals surface area contributed by atoms with Gasteiger partial charge in [-0.05, 0) is 41.0 Å². The maximum atomic E-state index is 13.2. The molecule has 4 atom stereocenters. The molecule has 2 aliphatic heterocycles. The fourth-order valence-electron chi connectivity index (χ4n) is 6.58. The Morgan fingerprint density at radius 2 is 1.54 bits per heavy atom. The first-order valence-electron chi connectivity index (χ1n) is 16.6. The highest BCUT2D eigenvalue weighted by atomic mass is 16.7. The number of aliphatic hydroxyl groups is 1. The van der Waals surface area contributed by atoms with Crippen LogP contribution in [0, 0.1) is 5.92 Å². The highest BCUT2D eigenvalue weighted by Gasteiger charge is 2.39. The van der Waals surface area contributed by atoms with Crippen molar-refractivity contribution >= 4 is 22.6 Å². The molecule has 4 aromatic carbocycles. The summed E-state index contributed by atoms with van der Waals surface area (Å²) in [5.74, 6) is -0.256. The normalized spacial score (nSPS) is 22.0. The Morgan fingerprint density at radius 1 is 0.812 bits per heavy atom. The lowest BCUT2D eigenvalue weighted by Crippen LogP contribution is -2.51. The summed E-state index contributed by atoms with van der Waals surface area (Å²) in [5, 5.41) is 12.6. The fraction of sp³-hybridized carbons (Fsp3) is 0.308. The van der Waals surface area contributed by atoms with E-state index in [0.29, 0.717) is 11.2 Å². The number of piperazine rings is 1. The van der Waals surface area contributed by atoms with Crippen molar-refractivity contribution in [3.05, 3.63) is 137 Å². The van der Waals surface area contributed by atoms with Crippen LogP contribution in [0.4, 0.5) is 5.69 Å². The maximum absolute atomic E-state index is 13.2. The third-order valence-electron chi connectivity index (χ3n) is 9.37. The second kappa shape index (κ2) is 14.7. The van der Waals surface area contributed by atoms with Crippen LogP contribution in [0.5, 0.6) is 0 Å². The van der Waals surface area contributed by atoms with Crippen molar-refractivity contribution in [3.8, 4) is 0 Å². The van der Waals surface area contributed by atoms with Gasteiger partial charge in [0.25, 0.3) is 5.91 Å². The lowest BCUT2D eigenvalue weighted by atomic mass is 9.90. The summed E-state index contributed by atoms with van der Waals surface area (Å²) >= 11 is 0. The molecule has 0 radical (unpaired) electrons. The largest absolute Gasteiger partial charge is 0.392 e. The van der Waals surface area contributed by atoms with E-state index in [1.54, 1.807) is 0 Å². The van der Waals surface area contributed by atoms with Crippen LogP contribution in [0.1, 0.15) is 52.1 Å². The summed E-state index contributed by atoms with van der Waals surface area (Å²) in [6.07, 6.45) is 0.560. The van der Waals surface area contributed by atoms with Gasteiger partial charge < -0.3 is 19.9 Å². The molecule has 9 nitrogen and oxygen atoms in total. The van der Waals surface area contributed by atoms with Gasteiger partial charge in [-0.1, -0.05) is 85.8 Å². The van der Waals surface area contributed by atoms with Crippen LogP contribution in [0.3, 0.4) is 0 Å². The molecule has 1 amide bonds. The summed E-state index contributed by atoms with van der Waals surface area (Å²) in [6, 6.07) is 33.7. The van der Waals surface area contributed by atoms with Crippen molar-refractivity contribution in [1.82, 2.24) is 19.8 Å². The molecule has 4 unspecified atom stereocenters. The van der Waals surface area contributed by atoms with E-state index in [4.69, 9.17) is 9.47 Å². The maximum Gasteiger partial charge on any atom is 0.275 e. The summed E-state index contributed by atoms with van der Waals surface area (Å²) in [5.41, 5.74) is 6.33. The highest BCUT2D eigenvalue weighted by Crippen LogP contribution is 2.42. The number of nitrogens with one attached hydrogen (secondary N) is 1. The fourth-order valence-corrected chi connectivity index (χ4v) is 6.58. The Labute approximate surface area is 281 Å². The first-order valence-corrected chi connectivity index (χ1v) is 16.6. The molecule has 2 saturated heterocycles. The molecule has 48 heavy (non-hydrogen) atoms. The number of amides is 1. The number of para-hydroxylation sites is 2. The Bertz CT molecular complexity index is 1830. The number of ether oxygens (including phenoxy) is 2. The van der Waals surface area contributed by atoms with Crippen LogP contribution >= 0.6 is 0 Å². The second-order valence-electron chi connectivity index (χ2n) is 12.7. The number of rotatable bonds is 9. The van der Waals surface area contributed by atoms with Crippen molar-refractivity contribution in [1.29, 1.82) is 0 Å². The number of carbonyl (C=O) groups is 1. The van der Waals surface area contributed by atoms with E-state index in [2.05, 4.69) is 62.3 Å². The van der Waals surface area contributed by atoms with Gasteiger partial charge in [-0.15, -0.1) is 0 Å². The van der Waals surface area contributed by atoms with Gasteiger partial charge in [0.1, 0.15) is 5.69 Å². The van der Waals surface area contributed by atoms with E-state index < -0.39 is 6.29 Å². The lowest BCUT2D eigenvalue weighted by molar-refractivity contribution is -0.276. The van der Waals surface area contributed by atoms with Crippen LogP contribution in [-0.2, 0) is 22.6 Å². The van der Waals surface area contributed by atoms with Gasteiger partial charge in [-0.2, -0.15) is 0 Å². The highest BCUT2D eigenvalue weighted by molar-refractivity contribution is 6.03. The quantitative estimate of drug-likeness (QED) is 0.202. The van der Waals surface area contributed by atoms with E-state index >= 15 is 0 Å². The molecule has 0 spiro atoms. The van der Waals surface area contributed by atoms with Gasteiger partial charge in [-0.3, -0.25) is 19.6 Å². The molecule has 5 aromatic rings. The van der Waals surface area contributed by atoms with Gasteiger partial charge in [0.15, 0.2) is 6.29 Å². The second-order valence-corrected chi connectivity index (χ2v) is 12.7. The monoisotopic (exact) mass is 643 g/mol. The molecule has 0 saturated carbocycles. The molecule has 0 bridgehead atoms. The van der Waals surface area contributed by atoms with Crippen LogP contribution in [0.25, 0.3) is 11.0 Å². The average molecular weight is 644 g/mol. The van der Waals surface area contributed by atoms with Crippen LogP contribution < -0.4 is 5.32 Å². The zero-order valence-corrected chi connectivity index (χ0v) is 27.1. The Kier molecular flexibility index (Phi) is 9.83. The van der Waals surface area contributed by atoms with E-state index in [9.17, 15) is 9.90 Å². The van der Waals surface area contributed by atoms with Gasteiger partial charge in [0.2, 0.25) is 0 Å². The van der Waals surface area contributed by atoms with Crippen molar-refractivity contribution < 1.29 is 19.4 Å². The summed E-state index contributed by atoms with van der Waals surface area (Å²) in [6.45, 7) is 7.90. The molecule has 9 heteroatoms. The third-order valence-corrected chi connectivity index (χ3v) is 9.37. The van der Waals surface area contributed by atoms with Gasteiger partial charge in [-0.25, -0.2) is 4.98 Å². The van der Waals surface area contributed by atoms with Crippen LogP contribution in [-0.4, -0.2) is 69.6 Å². The number of aliphatic hydroxyl groups excluding tert-OH is 1. The molecule has 2 fully saturated rings. The van der Waals surface area contributed by atoms with Gasteiger partial charge in [0.05, 0.1) is 36.0 Å². The number of nitrogens with zero attached hydrogens (tertiary/aromatic N) is 4. The van der Waals surface area contributed by atoms with Crippen molar-refractivity contribution in [2.45, 2.75) is 38.6 Å². The predicted molar refractivity (Wildman–Crippen MR) is 185 cm³/mol. The van der Waals surface area contributed by atoms with E-state index in [0.717, 1.165) is 61.5 Å². The third kappa shape index (κ3) is 7.46. The van der Waals surface area contributed by atoms with E-state index in [1.807, 2.05) is 72.8 Å². The topological polar surface area (TPSA) is 100 Å². The van der Waals surface area contributed by atoms with Crippen LogP contribution in [0.2, 0.25) is 0 Å². The molecular weight excluding hydrogens is 602 g/mol. The zero-order chi connectivity index (χ0) is 32.9. The lowest BCUT2D eigenvalue weighted by Gasteiger charge is -2.44. The zero-order valence-electron chi connectivity index (χ0n) is 27.1. The predicted octanol–water partition coefficient (Wildman–Crippen LogP) is 5.98. The minimum absolute atomic E-state index is 0.00469. The summed E-state index contributed by atoms with van der Waals surface area (Å²) in [7, 11) is 0. The number of fused-ring (bicyclic) bond motifs is 1. The van der Waals surface area contributed by atoms with Crippen molar-refractivity contribution in [3.63, 3.8) is 0 Å². The summed E-state index contributed by atoms with van der Waals surface area (Å²) in [4.78, 5) is 27.1. The molecule has 1 aromatic heterocycles. The Morgan fingerprint density at radius 3 is 2.31 bits per heavy atom. The smallest absolute Gasteiger partial charge is 0.275 e. The van der Waals surface area contributed by atoms with Gasteiger partial charge in [0, 0.05) is 56.4 Å². The SMILES string of the molecule is CC1C(CN2CCN(Cc3ccccc3)CC2)OC(c2cccc(NC(=O)c3cnc4ccccc4n3)c2)OC1c1ccc(CO)cc1. The number of aromatic nitrogens is 2. The number of anilines is 1. The van der Waals surface area contributed by atoms with E-state index in [1.165, 1.54) is 11.8 Å². The molecule has 2 aliphatic rings. The van der Waals surface area contributed by atoms with Crippen LogP contribution in [0.15, 0.2) is 109 Å². The Balaban J connectivity index is 1.07. The number of hydrogen-bond acceptors (Lipinski definition) is 8. The molecule has 246 valence electrons. The molecule has 7 rings (SSSR count). The van der Waals surface area contributed by atoms with Crippen molar-refractivity contribution in [2.24, 2.45) is 5.92 Å². The molecular formula is C39H41N5O4. The number of benzene rings is 4. The first kappa shape index (κ1) is 32.1. The first-order chi connectivity index (χ1) is 23.5. The average Bonchev–Trinajstić information content (AvgIpc) is 3.13. The molecule has 0 aliphatic carbocycles. The van der Waals surface area contributed by atoms with E-state index in [-0.39, 0.29) is 36.3 Å². The summed E-state index contributed by atoms with van der Waals surface area (Å²) < 4.78 is 13.4.